The molecule has 0 aromatic heterocycles. The van der Waals surface area contributed by atoms with E-state index < -0.39 is 5.54 Å². The lowest BCUT2D eigenvalue weighted by Gasteiger charge is -2.24. The van der Waals surface area contributed by atoms with Gasteiger partial charge in [-0.15, -0.1) is 6.58 Å². The van der Waals surface area contributed by atoms with Gasteiger partial charge in [-0.3, -0.25) is 0 Å². The van der Waals surface area contributed by atoms with E-state index in [4.69, 9.17) is 10.2 Å². The smallest absolute Gasteiger partial charge is 0.0828 e. The minimum absolute atomic E-state index is 0.135. The molecule has 0 aliphatic carbocycles. The average molecular weight is 131 g/mol. The Morgan fingerprint density at radius 2 is 2.00 bits per heavy atom. The molecule has 0 spiro atoms. The van der Waals surface area contributed by atoms with Gasteiger partial charge in [0, 0.05) is 0 Å². The molecule has 0 aliphatic heterocycles. The van der Waals surface area contributed by atoms with Crippen molar-refractivity contribution in [3.8, 4) is 0 Å². The molecule has 0 aromatic carbocycles. The second-order valence-electron chi connectivity index (χ2n) is 1.93. The van der Waals surface area contributed by atoms with Crippen LogP contribution in [0.3, 0.4) is 0 Å². The molecule has 9 heavy (non-hydrogen) atoms. The monoisotopic (exact) mass is 131 g/mol. The van der Waals surface area contributed by atoms with Gasteiger partial charge in [0.15, 0.2) is 0 Å². The zero-order valence-corrected chi connectivity index (χ0v) is 5.59. The van der Waals surface area contributed by atoms with Gasteiger partial charge in [0.2, 0.25) is 0 Å². The van der Waals surface area contributed by atoms with Crippen molar-refractivity contribution in [3.63, 3.8) is 0 Å². The maximum atomic E-state index is 8.68. The third-order valence-electron chi connectivity index (χ3n) is 1.45. The van der Waals surface area contributed by atoms with Gasteiger partial charge >= 0.3 is 0 Å². The molecule has 0 aliphatic rings. The van der Waals surface area contributed by atoms with Gasteiger partial charge in [0.1, 0.15) is 0 Å². The van der Waals surface area contributed by atoms with Crippen molar-refractivity contribution in [1.29, 1.82) is 0 Å². The second kappa shape index (κ2) is 3.61. The average Bonchev–Trinajstić information content (AvgIpc) is 1.95. The molecule has 0 aromatic rings. The Balaban J connectivity index is 3.98. The summed E-state index contributed by atoms with van der Waals surface area (Å²) in [5.41, 5.74) is -0.708. The van der Waals surface area contributed by atoms with E-state index >= 15 is 0 Å². The lowest BCUT2D eigenvalue weighted by atomic mass is 10.0. The molecule has 0 unspecified atom stereocenters. The molecular formula is C6H13NO2. The highest BCUT2D eigenvalue weighted by Crippen LogP contribution is 2.01. The molecular weight excluding hydrogens is 118 g/mol. The third kappa shape index (κ3) is 1.78. The van der Waals surface area contributed by atoms with Crippen LogP contribution in [0, 0.1) is 0 Å². The third-order valence-corrected chi connectivity index (χ3v) is 1.45. The zero-order chi connectivity index (χ0) is 7.33. The van der Waals surface area contributed by atoms with E-state index in [0.717, 1.165) is 0 Å². The summed E-state index contributed by atoms with van der Waals surface area (Å²) in [6.07, 6.45) is 1.49. The molecule has 0 fully saturated rings. The molecule has 0 saturated heterocycles. The standard InChI is InChI=1S/C6H13NO2/c1-3-6(4-8,5-9)7-2/h3,7-9H,1,4-5H2,2H3. The second-order valence-corrected chi connectivity index (χ2v) is 1.93. The van der Waals surface area contributed by atoms with Crippen molar-refractivity contribution in [2.24, 2.45) is 0 Å². The summed E-state index contributed by atoms with van der Waals surface area (Å²) >= 11 is 0. The van der Waals surface area contributed by atoms with Crippen LogP contribution in [0.4, 0.5) is 0 Å². The maximum Gasteiger partial charge on any atom is 0.0828 e. The van der Waals surface area contributed by atoms with Crippen molar-refractivity contribution in [3.05, 3.63) is 12.7 Å². The molecule has 0 atom stereocenters. The summed E-state index contributed by atoms with van der Waals surface area (Å²) in [4.78, 5) is 0. The summed E-state index contributed by atoms with van der Waals surface area (Å²) in [5.74, 6) is 0. The Labute approximate surface area is 55.0 Å². The maximum absolute atomic E-state index is 8.68. The van der Waals surface area contributed by atoms with Crippen LogP contribution < -0.4 is 5.32 Å². The van der Waals surface area contributed by atoms with E-state index in [1.165, 1.54) is 6.08 Å². The predicted molar refractivity (Wildman–Crippen MR) is 36.2 cm³/mol. The SMILES string of the molecule is C=CC(CO)(CO)NC. The van der Waals surface area contributed by atoms with E-state index in [9.17, 15) is 0 Å². The zero-order valence-electron chi connectivity index (χ0n) is 5.59. The van der Waals surface area contributed by atoms with Crippen molar-refractivity contribution in [1.82, 2.24) is 5.32 Å². The van der Waals surface area contributed by atoms with Gasteiger partial charge in [-0.1, -0.05) is 6.08 Å². The van der Waals surface area contributed by atoms with Crippen LogP contribution in [-0.4, -0.2) is 36.0 Å². The minimum Gasteiger partial charge on any atom is -0.394 e. The van der Waals surface area contributed by atoms with Crippen molar-refractivity contribution < 1.29 is 10.2 Å². The lowest BCUT2D eigenvalue weighted by Crippen LogP contribution is -2.47. The Hall–Kier alpha value is -0.380. The Morgan fingerprint density at radius 3 is 2.00 bits per heavy atom. The number of aliphatic hydroxyl groups is 2. The van der Waals surface area contributed by atoms with Gasteiger partial charge in [-0.2, -0.15) is 0 Å². The molecule has 0 bridgehead atoms. The van der Waals surface area contributed by atoms with E-state index in [2.05, 4.69) is 11.9 Å². The van der Waals surface area contributed by atoms with Crippen LogP contribution in [0.1, 0.15) is 0 Å². The number of hydrogen-bond acceptors (Lipinski definition) is 3. The van der Waals surface area contributed by atoms with E-state index in [1.54, 1.807) is 7.05 Å². The van der Waals surface area contributed by atoms with Crippen LogP contribution in [0.2, 0.25) is 0 Å². The summed E-state index contributed by atoms with van der Waals surface area (Å²) in [5, 5.41) is 20.1. The summed E-state index contributed by atoms with van der Waals surface area (Å²) in [6.45, 7) is 3.19. The van der Waals surface area contributed by atoms with Crippen LogP contribution in [0.5, 0.6) is 0 Å². The highest BCUT2D eigenvalue weighted by molar-refractivity contribution is 5.01. The molecule has 3 heteroatoms. The Bertz CT molecular complexity index is 80.8. The molecule has 3 N–H and O–H groups in total. The van der Waals surface area contributed by atoms with Gasteiger partial charge in [0.05, 0.1) is 18.8 Å². The molecule has 0 amide bonds. The molecule has 3 nitrogen and oxygen atoms in total. The summed E-state index contributed by atoms with van der Waals surface area (Å²) < 4.78 is 0. The quantitative estimate of drug-likeness (QED) is 0.434. The highest BCUT2D eigenvalue weighted by atomic mass is 16.3. The minimum atomic E-state index is -0.708. The first-order valence-corrected chi connectivity index (χ1v) is 2.79. The number of aliphatic hydroxyl groups excluding tert-OH is 2. The lowest BCUT2D eigenvalue weighted by molar-refractivity contribution is 0.130. The van der Waals surface area contributed by atoms with Crippen LogP contribution in [0.25, 0.3) is 0 Å². The molecule has 0 heterocycles. The molecule has 0 radical (unpaired) electrons. The van der Waals surface area contributed by atoms with Gasteiger partial charge in [0.25, 0.3) is 0 Å². The molecule has 0 saturated carbocycles. The number of likely N-dealkylation sites (N-methyl/N-ethyl adjacent to an activating group) is 1. The van der Waals surface area contributed by atoms with Crippen LogP contribution in [-0.2, 0) is 0 Å². The van der Waals surface area contributed by atoms with Crippen molar-refractivity contribution in [2.45, 2.75) is 5.54 Å². The first-order valence-electron chi connectivity index (χ1n) is 2.79. The Morgan fingerprint density at radius 1 is 1.56 bits per heavy atom. The normalized spacial score (nSPS) is 11.4. The first kappa shape index (κ1) is 8.62. The van der Waals surface area contributed by atoms with Gasteiger partial charge < -0.3 is 15.5 Å². The fraction of sp³-hybridized carbons (Fsp3) is 0.667. The van der Waals surface area contributed by atoms with Crippen molar-refractivity contribution in [2.75, 3.05) is 20.3 Å². The van der Waals surface area contributed by atoms with Gasteiger partial charge in [-0.25, -0.2) is 0 Å². The van der Waals surface area contributed by atoms with Crippen LogP contribution >= 0.6 is 0 Å². The van der Waals surface area contributed by atoms with Gasteiger partial charge in [-0.05, 0) is 7.05 Å². The van der Waals surface area contributed by atoms with Crippen LogP contribution in [0.15, 0.2) is 12.7 Å². The van der Waals surface area contributed by atoms with E-state index in [1.807, 2.05) is 0 Å². The fourth-order valence-electron chi connectivity index (χ4n) is 0.439. The molecule has 0 rings (SSSR count). The topological polar surface area (TPSA) is 52.5 Å². The number of rotatable bonds is 4. The Kier molecular flexibility index (Phi) is 3.46. The molecule has 54 valence electrons. The number of hydrogen-bond donors (Lipinski definition) is 3. The van der Waals surface area contributed by atoms with E-state index in [0.29, 0.717) is 0 Å². The highest BCUT2D eigenvalue weighted by Gasteiger charge is 2.20. The predicted octanol–water partition coefficient (Wildman–Crippen LogP) is -0.885. The fourth-order valence-corrected chi connectivity index (χ4v) is 0.439. The largest absolute Gasteiger partial charge is 0.394 e. The summed E-state index contributed by atoms with van der Waals surface area (Å²) in [6, 6.07) is 0. The first-order chi connectivity index (χ1) is 4.24. The summed E-state index contributed by atoms with van der Waals surface area (Å²) in [7, 11) is 1.66. The number of nitrogens with one attached hydrogen (secondary N) is 1. The van der Waals surface area contributed by atoms with Crippen molar-refractivity contribution >= 4 is 0 Å². The van der Waals surface area contributed by atoms with E-state index in [-0.39, 0.29) is 13.2 Å².